The van der Waals surface area contributed by atoms with Gasteiger partial charge in [0.1, 0.15) is 11.3 Å². The molecule has 0 amide bonds. The third kappa shape index (κ3) is 3.15. The van der Waals surface area contributed by atoms with Gasteiger partial charge in [-0.3, -0.25) is 9.13 Å². The quantitative estimate of drug-likeness (QED) is 0.685. The van der Waals surface area contributed by atoms with Crippen LogP contribution >= 0.6 is 0 Å². The summed E-state index contributed by atoms with van der Waals surface area (Å²) in [6.07, 6.45) is 3.08. The lowest BCUT2D eigenvalue weighted by Crippen LogP contribution is -2.30. The van der Waals surface area contributed by atoms with Gasteiger partial charge in [0.05, 0.1) is 12.8 Å². The molecule has 1 aliphatic heterocycles. The molecule has 4 rings (SSSR count). The molecule has 0 aliphatic carbocycles. The Hall–Kier alpha value is -3.25. The number of nitrogens with zero attached hydrogens (tertiary/aromatic N) is 5. The number of fused-ring (bicyclic) bond motifs is 1. The Bertz CT molecular complexity index is 1200. The van der Waals surface area contributed by atoms with Gasteiger partial charge in [0.15, 0.2) is 5.65 Å². The predicted molar refractivity (Wildman–Crippen MR) is 107 cm³/mol. The Morgan fingerprint density at radius 3 is 2.76 bits per heavy atom. The van der Waals surface area contributed by atoms with Crippen molar-refractivity contribution in [1.82, 2.24) is 19.1 Å². The van der Waals surface area contributed by atoms with Crippen LogP contribution in [0.1, 0.15) is 30.0 Å². The standard InChI is InChI=1S/C20H21FN6O2/c1-11-9-14(22-3)16(21)12(2)17(11)24-19-23-10-15-18(25-19)27(20(28)26(15)4)13-5-7-29-8-6-13/h9-10,13H,5-8H2,1-2,4H3,(H,23,24,25). The Labute approximate surface area is 166 Å². The fourth-order valence-corrected chi connectivity index (χ4v) is 3.79. The number of anilines is 2. The third-order valence-corrected chi connectivity index (χ3v) is 5.42. The van der Waals surface area contributed by atoms with Gasteiger partial charge in [0.25, 0.3) is 0 Å². The van der Waals surface area contributed by atoms with Crippen molar-refractivity contribution >= 4 is 28.5 Å². The average Bonchev–Trinajstić information content (AvgIpc) is 2.98. The van der Waals surface area contributed by atoms with Gasteiger partial charge in [-0.05, 0) is 43.9 Å². The highest BCUT2D eigenvalue weighted by atomic mass is 19.1. The van der Waals surface area contributed by atoms with Gasteiger partial charge in [0, 0.05) is 32.0 Å². The fraction of sp³-hybridized carbons (Fsp3) is 0.400. The van der Waals surface area contributed by atoms with Gasteiger partial charge >= 0.3 is 5.69 Å². The topological polar surface area (TPSA) is 78.3 Å². The van der Waals surface area contributed by atoms with E-state index in [4.69, 9.17) is 11.3 Å². The summed E-state index contributed by atoms with van der Waals surface area (Å²) in [5, 5.41) is 3.07. The van der Waals surface area contributed by atoms with Crippen molar-refractivity contribution in [3.8, 4) is 0 Å². The van der Waals surface area contributed by atoms with E-state index >= 15 is 0 Å². The number of benzene rings is 1. The SMILES string of the molecule is [C-]#[N+]c1cc(C)c(Nc2ncc3c(n2)n(C2CCOCC2)c(=O)n3C)c(C)c1F. The van der Waals surface area contributed by atoms with Crippen molar-refractivity contribution in [1.29, 1.82) is 0 Å². The predicted octanol–water partition coefficient (Wildman–Crippen LogP) is 3.53. The molecule has 29 heavy (non-hydrogen) atoms. The van der Waals surface area contributed by atoms with Crippen molar-refractivity contribution in [2.24, 2.45) is 7.05 Å². The average molecular weight is 396 g/mol. The zero-order valence-electron chi connectivity index (χ0n) is 16.5. The normalized spacial score (nSPS) is 14.9. The van der Waals surface area contributed by atoms with E-state index in [0.717, 1.165) is 12.8 Å². The first kappa shape index (κ1) is 19.1. The second-order valence-corrected chi connectivity index (χ2v) is 7.22. The molecule has 1 aliphatic rings. The van der Waals surface area contributed by atoms with Crippen molar-refractivity contribution in [2.75, 3.05) is 18.5 Å². The van der Waals surface area contributed by atoms with E-state index in [1.807, 2.05) is 0 Å². The molecule has 8 nitrogen and oxygen atoms in total. The van der Waals surface area contributed by atoms with Gasteiger partial charge in [-0.15, -0.1) is 0 Å². The smallest absolute Gasteiger partial charge is 0.330 e. The van der Waals surface area contributed by atoms with E-state index in [1.165, 1.54) is 10.6 Å². The van der Waals surface area contributed by atoms with Crippen LogP contribution in [-0.2, 0) is 11.8 Å². The summed E-state index contributed by atoms with van der Waals surface area (Å²) >= 11 is 0. The molecule has 1 aromatic carbocycles. The van der Waals surface area contributed by atoms with E-state index in [0.29, 0.717) is 41.2 Å². The number of halogens is 1. The van der Waals surface area contributed by atoms with Crippen molar-refractivity contribution < 1.29 is 9.13 Å². The number of aryl methyl sites for hydroxylation is 2. The summed E-state index contributed by atoms with van der Waals surface area (Å²) in [5.41, 5.74) is 2.58. The maximum atomic E-state index is 14.4. The van der Waals surface area contributed by atoms with E-state index in [9.17, 15) is 9.18 Å². The minimum absolute atomic E-state index is 0.0153. The Morgan fingerprint density at radius 2 is 2.07 bits per heavy atom. The van der Waals surface area contributed by atoms with Gasteiger partial charge in [0.2, 0.25) is 11.6 Å². The molecule has 0 radical (unpaired) electrons. The highest BCUT2D eigenvalue weighted by Crippen LogP contribution is 2.32. The molecule has 3 aromatic rings. The lowest BCUT2D eigenvalue weighted by Gasteiger charge is -2.23. The Kier molecular flexibility index (Phi) is 4.80. The van der Waals surface area contributed by atoms with Crippen molar-refractivity contribution in [3.63, 3.8) is 0 Å². The largest absolute Gasteiger partial charge is 0.381 e. The Balaban J connectivity index is 1.80. The number of imidazole rings is 1. The number of ether oxygens (including phenoxy) is 1. The van der Waals surface area contributed by atoms with Crippen LogP contribution in [-0.4, -0.2) is 32.3 Å². The van der Waals surface area contributed by atoms with Crippen LogP contribution in [0.15, 0.2) is 17.1 Å². The molecule has 0 spiro atoms. The summed E-state index contributed by atoms with van der Waals surface area (Å²) in [6, 6.07) is 1.51. The van der Waals surface area contributed by atoms with Crippen molar-refractivity contribution in [3.05, 3.63) is 51.1 Å². The molecule has 0 unspecified atom stereocenters. The van der Waals surface area contributed by atoms with Gasteiger partial charge in [-0.2, -0.15) is 4.98 Å². The maximum absolute atomic E-state index is 14.4. The lowest BCUT2D eigenvalue weighted by molar-refractivity contribution is 0.0695. The van der Waals surface area contributed by atoms with Gasteiger partial charge in [-0.1, -0.05) is 0 Å². The van der Waals surface area contributed by atoms with Crippen LogP contribution in [0, 0.1) is 26.2 Å². The molecule has 9 heteroatoms. The molecule has 0 bridgehead atoms. The molecule has 2 aromatic heterocycles. The zero-order valence-corrected chi connectivity index (χ0v) is 16.5. The van der Waals surface area contributed by atoms with Crippen LogP contribution < -0.4 is 11.0 Å². The van der Waals surface area contributed by atoms with E-state index < -0.39 is 5.82 Å². The molecule has 3 heterocycles. The minimum atomic E-state index is -0.562. The summed E-state index contributed by atoms with van der Waals surface area (Å²) in [6.45, 7) is 11.7. The number of nitrogens with one attached hydrogen (secondary N) is 1. The zero-order chi connectivity index (χ0) is 20.7. The monoisotopic (exact) mass is 396 g/mol. The first-order valence-corrected chi connectivity index (χ1v) is 9.38. The van der Waals surface area contributed by atoms with Crippen LogP contribution in [0.25, 0.3) is 16.0 Å². The molecule has 1 fully saturated rings. The molecular formula is C20H21FN6O2. The summed E-state index contributed by atoms with van der Waals surface area (Å²) < 4.78 is 23.1. The van der Waals surface area contributed by atoms with Crippen LogP contribution in [0.2, 0.25) is 0 Å². The fourth-order valence-electron chi connectivity index (χ4n) is 3.79. The van der Waals surface area contributed by atoms with E-state index in [2.05, 4.69) is 20.1 Å². The highest BCUT2D eigenvalue weighted by molar-refractivity contribution is 5.74. The van der Waals surface area contributed by atoms with Gasteiger partial charge < -0.3 is 10.1 Å². The van der Waals surface area contributed by atoms with Crippen molar-refractivity contribution in [2.45, 2.75) is 32.7 Å². The first-order chi connectivity index (χ1) is 13.9. The van der Waals surface area contributed by atoms with Crippen LogP contribution in [0.3, 0.4) is 0 Å². The Morgan fingerprint density at radius 1 is 1.34 bits per heavy atom. The van der Waals surface area contributed by atoms with Crippen LogP contribution in [0.5, 0.6) is 0 Å². The molecular weight excluding hydrogens is 375 g/mol. The molecule has 0 atom stereocenters. The minimum Gasteiger partial charge on any atom is -0.381 e. The maximum Gasteiger partial charge on any atom is 0.330 e. The van der Waals surface area contributed by atoms with Gasteiger partial charge in [-0.25, -0.2) is 19.0 Å². The number of hydrogen-bond acceptors (Lipinski definition) is 5. The summed E-state index contributed by atoms with van der Waals surface area (Å²) in [7, 11) is 1.70. The molecule has 1 saturated heterocycles. The summed E-state index contributed by atoms with van der Waals surface area (Å²) in [5.74, 6) is -0.293. The van der Waals surface area contributed by atoms with E-state index in [-0.39, 0.29) is 23.4 Å². The van der Waals surface area contributed by atoms with Crippen LogP contribution in [0.4, 0.5) is 21.7 Å². The molecule has 1 N–H and O–H groups in total. The lowest BCUT2D eigenvalue weighted by atomic mass is 10.1. The number of rotatable bonds is 3. The van der Waals surface area contributed by atoms with E-state index in [1.54, 1.807) is 31.7 Å². The second-order valence-electron chi connectivity index (χ2n) is 7.22. The third-order valence-electron chi connectivity index (χ3n) is 5.42. The number of aromatic nitrogens is 4. The molecule has 0 saturated carbocycles. The number of hydrogen-bond donors (Lipinski definition) is 1. The first-order valence-electron chi connectivity index (χ1n) is 9.38. The second kappa shape index (κ2) is 7.29. The summed E-state index contributed by atoms with van der Waals surface area (Å²) in [4.78, 5) is 24.9. The molecule has 150 valence electrons. The highest BCUT2D eigenvalue weighted by Gasteiger charge is 2.23.